The van der Waals surface area contributed by atoms with Gasteiger partial charge >= 0.3 is 0 Å². The first kappa shape index (κ1) is 12.7. The van der Waals surface area contributed by atoms with Gasteiger partial charge in [-0.3, -0.25) is 0 Å². The Kier molecular flexibility index (Phi) is 3.61. The predicted molar refractivity (Wildman–Crippen MR) is 66.3 cm³/mol. The van der Waals surface area contributed by atoms with Gasteiger partial charge in [0.15, 0.2) is 0 Å². The van der Waals surface area contributed by atoms with Crippen molar-refractivity contribution in [2.75, 3.05) is 6.61 Å². The van der Waals surface area contributed by atoms with Crippen molar-refractivity contribution in [2.45, 2.75) is 38.6 Å². The molecule has 1 N–H and O–H groups in total. The van der Waals surface area contributed by atoms with Gasteiger partial charge < -0.3 is 14.6 Å². The van der Waals surface area contributed by atoms with Crippen LogP contribution in [0, 0.1) is 0 Å². The van der Waals surface area contributed by atoms with Crippen LogP contribution in [0.25, 0.3) is 0 Å². The zero-order valence-electron chi connectivity index (χ0n) is 10.1. The van der Waals surface area contributed by atoms with Crippen LogP contribution in [-0.4, -0.2) is 17.5 Å². The minimum atomic E-state index is -0.675. The van der Waals surface area contributed by atoms with E-state index in [2.05, 4.69) is 0 Å². The van der Waals surface area contributed by atoms with E-state index in [1.165, 1.54) is 0 Å². The van der Waals surface area contributed by atoms with Crippen molar-refractivity contribution in [3.05, 3.63) is 28.8 Å². The van der Waals surface area contributed by atoms with E-state index in [-0.39, 0.29) is 12.7 Å². The third-order valence-corrected chi connectivity index (χ3v) is 3.53. The molecule has 1 aromatic rings. The largest absolute Gasteiger partial charge is 0.460 e. The zero-order chi connectivity index (χ0) is 12.5. The van der Waals surface area contributed by atoms with Gasteiger partial charge in [-0.05, 0) is 6.07 Å². The normalized spacial score (nSPS) is 21.8. The number of hydrogen-bond acceptors (Lipinski definition) is 3. The number of aliphatic hydroxyl groups is 1. The number of ether oxygens (including phenoxy) is 2. The molecule has 94 valence electrons. The summed E-state index contributed by atoms with van der Waals surface area (Å²) in [6, 6.07) is 5.50. The molecule has 17 heavy (non-hydrogen) atoms. The molecule has 0 saturated heterocycles. The summed E-state index contributed by atoms with van der Waals surface area (Å²) in [6.07, 6.45) is 1.06. The quantitative estimate of drug-likeness (QED) is 0.902. The van der Waals surface area contributed by atoms with Crippen molar-refractivity contribution < 1.29 is 14.6 Å². The second kappa shape index (κ2) is 4.84. The topological polar surface area (TPSA) is 38.7 Å². The number of fused-ring (bicyclic) bond motifs is 1. The highest BCUT2D eigenvalue weighted by Crippen LogP contribution is 2.44. The van der Waals surface area contributed by atoms with Gasteiger partial charge in [0, 0.05) is 18.4 Å². The predicted octanol–water partition coefficient (Wildman–Crippen LogP) is 3.30. The Bertz CT molecular complexity index is 402. The van der Waals surface area contributed by atoms with E-state index in [0.29, 0.717) is 23.6 Å². The lowest BCUT2D eigenvalue weighted by Gasteiger charge is -2.41. The SMILES string of the molecule is CCC1(CC)Oc2c(Cl)cccc2[C@@H](CO)O1. The van der Waals surface area contributed by atoms with Crippen molar-refractivity contribution in [2.24, 2.45) is 0 Å². The van der Waals surface area contributed by atoms with Crippen molar-refractivity contribution >= 4 is 11.6 Å². The maximum atomic E-state index is 9.43. The van der Waals surface area contributed by atoms with Gasteiger partial charge in [-0.25, -0.2) is 0 Å². The summed E-state index contributed by atoms with van der Waals surface area (Å²) >= 11 is 6.14. The van der Waals surface area contributed by atoms with Crippen LogP contribution in [0.15, 0.2) is 18.2 Å². The number of rotatable bonds is 3. The van der Waals surface area contributed by atoms with Crippen molar-refractivity contribution in [1.29, 1.82) is 0 Å². The summed E-state index contributed by atoms with van der Waals surface area (Å²) in [5, 5.41) is 9.99. The minimum Gasteiger partial charge on any atom is -0.460 e. The molecule has 1 heterocycles. The molecule has 3 nitrogen and oxygen atoms in total. The molecule has 1 aliphatic rings. The van der Waals surface area contributed by atoms with Crippen LogP contribution in [0.1, 0.15) is 38.4 Å². The maximum absolute atomic E-state index is 9.43. The Morgan fingerprint density at radius 2 is 2.06 bits per heavy atom. The van der Waals surface area contributed by atoms with Crippen LogP contribution in [0.2, 0.25) is 5.02 Å². The van der Waals surface area contributed by atoms with Crippen LogP contribution in [0.3, 0.4) is 0 Å². The number of para-hydroxylation sites is 1. The van der Waals surface area contributed by atoms with Gasteiger partial charge in [-0.15, -0.1) is 0 Å². The Balaban J connectivity index is 2.47. The molecule has 0 unspecified atom stereocenters. The summed E-state index contributed by atoms with van der Waals surface area (Å²) in [6.45, 7) is 3.93. The van der Waals surface area contributed by atoms with E-state index in [4.69, 9.17) is 21.1 Å². The standard InChI is InChI=1S/C13H17ClO3/c1-3-13(4-2)16-11(8-15)9-6-5-7-10(14)12(9)17-13/h5-7,11,15H,3-4,8H2,1-2H3/t11-/m1/s1. The molecule has 0 bridgehead atoms. The lowest BCUT2D eigenvalue weighted by atomic mass is 10.0. The van der Waals surface area contributed by atoms with Crippen LogP contribution >= 0.6 is 11.6 Å². The van der Waals surface area contributed by atoms with E-state index >= 15 is 0 Å². The van der Waals surface area contributed by atoms with Crippen molar-refractivity contribution in [1.82, 2.24) is 0 Å². The van der Waals surface area contributed by atoms with Gasteiger partial charge in [-0.1, -0.05) is 37.6 Å². The fourth-order valence-corrected chi connectivity index (χ4v) is 2.34. The third-order valence-electron chi connectivity index (χ3n) is 3.23. The highest BCUT2D eigenvalue weighted by atomic mass is 35.5. The van der Waals surface area contributed by atoms with Gasteiger partial charge in [0.1, 0.15) is 11.9 Å². The second-order valence-electron chi connectivity index (χ2n) is 4.17. The molecule has 2 rings (SSSR count). The fraction of sp³-hybridized carbons (Fsp3) is 0.538. The van der Waals surface area contributed by atoms with Crippen LogP contribution < -0.4 is 4.74 Å². The highest BCUT2D eigenvalue weighted by Gasteiger charge is 2.39. The summed E-state index contributed by atoms with van der Waals surface area (Å²) in [4.78, 5) is 0. The highest BCUT2D eigenvalue weighted by molar-refractivity contribution is 6.32. The lowest BCUT2D eigenvalue weighted by molar-refractivity contribution is -0.239. The molecular formula is C13H17ClO3. The van der Waals surface area contributed by atoms with E-state index in [9.17, 15) is 5.11 Å². The van der Waals surface area contributed by atoms with Gasteiger partial charge in [0.25, 0.3) is 0 Å². The first-order chi connectivity index (χ1) is 8.15. The van der Waals surface area contributed by atoms with E-state index in [1.54, 1.807) is 6.07 Å². The average molecular weight is 257 g/mol. The number of halogens is 1. The van der Waals surface area contributed by atoms with E-state index in [0.717, 1.165) is 5.56 Å². The first-order valence-corrected chi connectivity index (χ1v) is 6.29. The summed E-state index contributed by atoms with van der Waals surface area (Å²) in [5.41, 5.74) is 0.817. The smallest absolute Gasteiger partial charge is 0.210 e. The summed E-state index contributed by atoms with van der Waals surface area (Å²) in [5.74, 6) is -0.0334. The Hall–Kier alpha value is -0.770. The Morgan fingerprint density at radius 3 is 2.65 bits per heavy atom. The second-order valence-corrected chi connectivity index (χ2v) is 4.57. The third kappa shape index (κ3) is 2.15. The molecule has 4 heteroatoms. The number of benzene rings is 1. The lowest BCUT2D eigenvalue weighted by Crippen LogP contribution is -2.43. The zero-order valence-corrected chi connectivity index (χ0v) is 10.8. The molecular weight excluding hydrogens is 240 g/mol. The molecule has 1 atom stereocenters. The average Bonchev–Trinajstić information content (AvgIpc) is 2.38. The van der Waals surface area contributed by atoms with E-state index < -0.39 is 5.79 Å². The van der Waals surface area contributed by atoms with Gasteiger partial charge in [0.2, 0.25) is 5.79 Å². The van der Waals surface area contributed by atoms with Crippen molar-refractivity contribution in [3.63, 3.8) is 0 Å². The molecule has 0 radical (unpaired) electrons. The number of aliphatic hydroxyl groups excluding tert-OH is 1. The molecule has 0 aliphatic carbocycles. The Labute approximate surface area is 106 Å². The number of hydrogen-bond donors (Lipinski definition) is 1. The molecule has 1 aromatic carbocycles. The van der Waals surface area contributed by atoms with Crippen LogP contribution in [-0.2, 0) is 4.74 Å². The first-order valence-electron chi connectivity index (χ1n) is 5.92. The van der Waals surface area contributed by atoms with Crippen LogP contribution in [0.4, 0.5) is 0 Å². The maximum Gasteiger partial charge on any atom is 0.210 e. The molecule has 0 amide bonds. The Morgan fingerprint density at radius 1 is 1.35 bits per heavy atom. The molecule has 0 aromatic heterocycles. The fourth-order valence-electron chi connectivity index (χ4n) is 2.12. The van der Waals surface area contributed by atoms with Crippen molar-refractivity contribution in [3.8, 4) is 5.75 Å². The van der Waals surface area contributed by atoms with Crippen LogP contribution in [0.5, 0.6) is 5.75 Å². The molecule has 0 saturated carbocycles. The molecule has 0 fully saturated rings. The van der Waals surface area contributed by atoms with Gasteiger partial charge in [0.05, 0.1) is 11.6 Å². The summed E-state index contributed by atoms with van der Waals surface area (Å²) in [7, 11) is 0. The van der Waals surface area contributed by atoms with E-state index in [1.807, 2.05) is 26.0 Å². The minimum absolute atomic E-state index is 0.0710. The summed E-state index contributed by atoms with van der Waals surface area (Å²) < 4.78 is 11.8. The molecule has 1 aliphatic heterocycles. The monoisotopic (exact) mass is 256 g/mol. The molecule has 0 spiro atoms. The van der Waals surface area contributed by atoms with Gasteiger partial charge in [-0.2, -0.15) is 0 Å².